The Balaban J connectivity index is 1.53. The molecule has 4 aromatic rings. The molecule has 0 saturated carbocycles. The molecule has 1 amide bonds. The first-order valence-corrected chi connectivity index (χ1v) is 10.3. The van der Waals surface area contributed by atoms with Crippen LogP contribution in [0, 0.1) is 0 Å². The van der Waals surface area contributed by atoms with Crippen LogP contribution in [0.1, 0.15) is 5.56 Å². The van der Waals surface area contributed by atoms with Crippen molar-refractivity contribution in [2.45, 2.75) is 11.4 Å². The van der Waals surface area contributed by atoms with E-state index < -0.39 is 16.1 Å². The summed E-state index contributed by atoms with van der Waals surface area (Å²) in [4.78, 5) is 22.5. The molecule has 0 unspecified atom stereocenters. The molecule has 0 radical (unpaired) electrons. The number of sulfonamides is 1. The zero-order chi connectivity index (χ0) is 21.1. The smallest absolute Gasteiger partial charge is 0.409 e. The molecule has 0 atom stereocenters. The van der Waals surface area contributed by atoms with Crippen molar-refractivity contribution >= 4 is 27.1 Å². The van der Waals surface area contributed by atoms with E-state index in [-0.39, 0.29) is 17.2 Å². The van der Waals surface area contributed by atoms with Gasteiger partial charge in [-0.15, -0.1) is 0 Å². The second-order valence-corrected chi connectivity index (χ2v) is 8.16. The fourth-order valence-corrected chi connectivity index (χ4v) is 3.87. The van der Waals surface area contributed by atoms with Crippen molar-refractivity contribution in [3.05, 3.63) is 72.6 Å². The number of rotatable bonds is 6. The lowest BCUT2D eigenvalue weighted by Gasteiger charge is -2.07. The second-order valence-electron chi connectivity index (χ2n) is 6.39. The standard InChI is InChI=1S/C20H17N5O4S/c21-20(26)29-15-3-6-17-18(11-15)25-19(24-17)14-1-4-16(5-2-14)30(27,28)23-12-13-7-9-22-10-8-13/h1-11,23H,12H2,(H2,21,26)(H,24,25). The van der Waals surface area contributed by atoms with Gasteiger partial charge in [-0.25, -0.2) is 22.9 Å². The quantitative estimate of drug-likeness (QED) is 0.435. The van der Waals surface area contributed by atoms with Gasteiger partial charge in [-0.1, -0.05) is 0 Å². The molecular formula is C20H17N5O4S. The van der Waals surface area contributed by atoms with Crippen molar-refractivity contribution in [1.82, 2.24) is 19.7 Å². The number of hydrogen-bond acceptors (Lipinski definition) is 6. The number of benzene rings is 2. The van der Waals surface area contributed by atoms with Gasteiger partial charge in [0, 0.05) is 30.6 Å². The van der Waals surface area contributed by atoms with Crippen LogP contribution < -0.4 is 15.2 Å². The molecule has 0 spiro atoms. The molecule has 0 aliphatic heterocycles. The number of fused-ring (bicyclic) bond motifs is 1. The number of pyridine rings is 1. The van der Waals surface area contributed by atoms with E-state index in [1.165, 1.54) is 12.1 Å². The van der Waals surface area contributed by atoms with E-state index in [1.807, 2.05) is 0 Å². The predicted octanol–water partition coefficient (Wildman–Crippen LogP) is 2.56. The first-order chi connectivity index (χ1) is 14.4. The minimum absolute atomic E-state index is 0.147. The van der Waals surface area contributed by atoms with Gasteiger partial charge < -0.3 is 15.5 Å². The monoisotopic (exact) mass is 423 g/mol. The number of nitrogens with zero attached hydrogens (tertiary/aromatic N) is 2. The summed E-state index contributed by atoms with van der Waals surface area (Å²) in [5.74, 6) is 0.838. The first kappa shape index (κ1) is 19.6. The minimum Gasteiger partial charge on any atom is -0.410 e. The third-order valence-corrected chi connectivity index (χ3v) is 5.74. The molecule has 30 heavy (non-hydrogen) atoms. The molecule has 4 rings (SSSR count). The van der Waals surface area contributed by atoms with E-state index in [0.717, 1.165) is 11.1 Å². The highest BCUT2D eigenvalue weighted by atomic mass is 32.2. The molecule has 2 heterocycles. The second kappa shape index (κ2) is 7.93. The third kappa shape index (κ3) is 4.29. The lowest BCUT2D eigenvalue weighted by Crippen LogP contribution is -2.23. The number of hydrogen-bond donors (Lipinski definition) is 3. The lowest BCUT2D eigenvalue weighted by atomic mass is 10.2. The number of amides is 1. The van der Waals surface area contributed by atoms with Crippen molar-refractivity contribution in [2.75, 3.05) is 0 Å². The Hall–Kier alpha value is -3.76. The van der Waals surface area contributed by atoms with Gasteiger partial charge in [0.2, 0.25) is 10.0 Å². The SMILES string of the molecule is NC(=O)Oc1ccc2[nH]c(-c3ccc(S(=O)(=O)NCc4ccncc4)cc3)nc2c1. The van der Waals surface area contributed by atoms with Gasteiger partial charge in [0.1, 0.15) is 11.6 Å². The maximum atomic E-state index is 12.5. The van der Waals surface area contributed by atoms with Crippen LogP contribution >= 0.6 is 0 Å². The van der Waals surface area contributed by atoms with Crippen molar-refractivity contribution in [2.24, 2.45) is 5.73 Å². The molecule has 4 N–H and O–H groups in total. The molecule has 0 aliphatic carbocycles. The van der Waals surface area contributed by atoms with Crippen molar-refractivity contribution < 1.29 is 17.9 Å². The number of H-pyrrole nitrogens is 1. The number of nitrogens with two attached hydrogens (primary N) is 1. The molecule has 2 aromatic carbocycles. The summed E-state index contributed by atoms with van der Waals surface area (Å²) in [6.45, 7) is 0.173. The first-order valence-electron chi connectivity index (χ1n) is 8.87. The maximum Gasteiger partial charge on any atom is 0.409 e. The maximum absolute atomic E-state index is 12.5. The number of nitrogens with one attached hydrogen (secondary N) is 2. The summed E-state index contributed by atoms with van der Waals surface area (Å²) >= 11 is 0. The molecule has 10 heteroatoms. The van der Waals surface area contributed by atoms with Crippen LogP contribution in [0.5, 0.6) is 5.75 Å². The normalized spacial score (nSPS) is 11.5. The van der Waals surface area contributed by atoms with Gasteiger partial charge in [0.25, 0.3) is 0 Å². The number of ether oxygens (including phenoxy) is 1. The Labute approximate surface area is 172 Å². The Morgan fingerprint density at radius 3 is 2.50 bits per heavy atom. The lowest BCUT2D eigenvalue weighted by molar-refractivity contribution is 0.211. The Morgan fingerprint density at radius 2 is 1.80 bits per heavy atom. The number of imidazole rings is 1. The number of carbonyl (C=O) groups is 1. The fraction of sp³-hybridized carbons (Fsp3) is 0.0500. The molecule has 9 nitrogen and oxygen atoms in total. The summed E-state index contributed by atoms with van der Waals surface area (Å²) in [5.41, 5.74) is 7.86. The van der Waals surface area contributed by atoms with Gasteiger partial charge in [0.15, 0.2) is 0 Å². The zero-order valence-electron chi connectivity index (χ0n) is 15.6. The van der Waals surface area contributed by atoms with E-state index in [9.17, 15) is 13.2 Å². The van der Waals surface area contributed by atoms with Crippen molar-refractivity contribution in [3.8, 4) is 17.1 Å². The molecule has 0 saturated heterocycles. The van der Waals surface area contributed by atoms with Crippen LogP contribution in [0.2, 0.25) is 0 Å². The Morgan fingerprint density at radius 1 is 1.07 bits per heavy atom. The summed E-state index contributed by atoms with van der Waals surface area (Å²) < 4.78 is 32.5. The molecule has 2 aromatic heterocycles. The highest BCUT2D eigenvalue weighted by molar-refractivity contribution is 7.89. The van der Waals surface area contributed by atoms with Gasteiger partial charge in [-0.3, -0.25) is 4.98 Å². The average Bonchev–Trinajstić information content (AvgIpc) is 3.16. The molecule has 0 fully saturated rings. The van der Waals surface area contributed by atoms with Gasteiger partial charge in [-0.2, -0.15) is 0 Å². The van der Waals surface area contributed by atoms with Crippen LogP contribution in [-0.2, 0) is 16.6 Å². The van der Waals surface area contributed by atoms with E-state index in [1.54, 1.807) is 54.9 Å². The number of aromatic nitrogens is 3. The van der Waals surface area contributed by atoms with Gasteiger partial charge >= 0.3 is 6.09 Å². The highest BCUT2D eigenvalue weighted by Gasteiger charge is 2.15. The predicted molar refractivity (Wildman–Crippen MR) is 110 cm³/mol. The van der Waals surface area contributed by atoms with Crippen LogP contribution in [0.4, 0.5) is 4.79 Å². The number of carbonyl (C=O) groups excluding carboxylic acids is 1. The van der Waals surface area contributed by atoms with Crippen molar-refractivity contribution in [3.63, 3.8) is 0 Å². The zero-order valence-corrected chi connectivity index (χ0v) is 16.4. The molecular weight excluding hydrogens is 406 g/mol. The van der Waals surface area contributed by atoms with Crippen molar-refractivity contribution in [1.29, 1.82) is 0 Å². The summed E-state index contributed by atoms with van der Waals surface area (Å²) in [6.07, 6.45) is 2.31. The van der Waals surface area contributed by atoms with E-state index >= 15 is 0 Å². The van der Waals surface area contributed by atoms with Crippen LogP contribution in [0.15, 0.2) is 71.9 Å². The largest absolute Gasteiger partial charge is 0.410 e. The van der Waals surface area contributed by atoms with Gasteiger partial charge in [0.05, 0.1) is 15.9 Å². The number of aromatic amines is 1. The van der Waals surface area contributed by atoms with Crippen LogP contribution in [-0.4, -0.2) is 29.5 Å². The average molecular weight is 423 g/mol. The number of primary amides is 1. The minimum atomic E-state index is -3.66. The molecule has 0 aliphatic rings. The topological polar surface area (TPSA) is 140 Å². The van der Waals surface area contributed by atoms with E-state index in [2.05, 4.69) is 19.7 Å². The van der Waals surface area contributed by atoms with E-state index in [4.69, 9.17) is 10.5 Å². The van der Waals surface area contributed by atoms with Crippen LogP contribution in [0.3, 0.4) is 0 Å². The highest BCUT2D eigenvalue weighted by Crippen LogP contribution is 2.25. The third-order valence-electron chi connectivity index (χ3n) is 4.33. The fourth-order valence-electron chi connectivity index (χ4n) is 2.86. The van der Waals surface area contributed by atoms with E-state index in [0.29, 0.717) is 16.9 Å². The Kier molecular flexibility index (Phi) is 5.17. The molecule has 152 valence electrons. The van der Waals surface area contributed by atoms with Gasteiger partial charge in [-0.05, 0) is 54.1 Å². The van der Waals surface area contributed by atoms with Crippen LogP contribution in [0.25, 0.3) is 22.4 Å². The molecule has 0 bridgehead atoms. The summed E-state index contributed by atoms with van der Waals surface area (Å²) in [5, 5.41) is 0. The summed E-state index contributed by atoms with van der Waals surface area (Å²) in [6, 6.07) is 14.7. The summed E-state index contributed by atoms with van der Waals surface area (Å²) in [7, 11) is -3.66. The Bertz CT molecular complexity index is 1300.